The van der Waals surface area contributed by atoms with Crippen molar-refractivity contribution in [1.29, 1.82) is 0 Å². The van der Waals surface area contributed by atoms with Gasteiger partial charge < -0.3 is 20.6 Å². The first-order chi connectivity index (χ1) is 13.0. The van der Waals surface area contributed by atoms with Crippen molar-refractivity contribution >= 4 is 28.9 Å². The third-order valence-corrected chi connectivity index (χ3v) is 4.44. The maximum Gasteiger partial charge on any atom is 0.238 e. The fraction of sp³-hybridized carbons (Fsp3) is 0.300. The Morgan fingerprint density at radius 2 is 1.44 bits per heavy atom. The van der Waals surface area contributed by atoms with Crippen LogP contribution >= 0.6 is 0 Å². The Labute approximate surface area is 158 Å². The summed E-state index contributed by atoms with van der Waals surface area (Å²) in [5.41, 5.74) is 2.49. The maximum atomic E-state index is 12.3. The van der Waals surface area contributed by atoms with Gasteiger partial charge in [-0.05, 0) is 48.5 Å². The number of carbonyl (C=O) groups is 2. The van der Waals surface area contributed by atoms with Gasteiger partial charge in [0, 0.05) is 50.2 Å². The van der Waals surface area contributed by atoms with Crippen LogP contribution in [-0.4, -0.2) is 54.5 Å². The third-order valence-electron chi connectivity index (χ3n) is 4.44. The van der Waals surface area contributed by atoms with Crippen LogP contribution in [0.5, 0.6) is 5.75 Å². The Kier molecular flexibility index (Phi) is 5.93. The minimum atomic E-state index is -0.127. The van der Waals surface area contributed by atoms with Gasteiger partial charge in [-0.2, -0.15) is 0 Å². The second-order valence-corrected chi connectivity index (χ2v) is 6.59. The lowest BCUT2D eigenvalue weighted by atomic mass is 10.2. The number of phenols is 1. The van der Waals surface area contributed by atoms with Crippen molar-refractivity contribution in [2.75, 3.05) is 48.3 Å². The molecule has 2 aromatic rings. The van der Waals surface area contributed by atoms with Crippen molar-refractivity contribution in [2.24, 2.45) is 0 Å². The van der Waals surface area contributed by atoms with Crippen LogP contribution < -0.4 is 15.5 Å². The van der Waals surface area contributed by atoms with Crippen molar-refractivity contribution in [3.63, 3.8) is 0 Å². The van der Waals surface area contributed by atoms with Gasteiger partial charge in [-0.25, -0.2) is 0 Å². The number of hydrogen-bond acceptors (Lipinski definition) is 5. The quantitative estimate of drug-likeness (QED) is 0.753. The summed E-state index contributed by atoms with van der Waals surface area (Å²) in [6.45, 7) is 5.08. The SMILES string of the molecule is CC(=O)Nc1ccc(NC(=O)CN2CCN(c3ccc(O)cc3)CC2)cc1. The van der Waals surface area contributed by atoms with E-state index >= 15 is 0 Å². The van der Waals surface area contributed by atoms with Gasteiger partial charge >= 0.3 is 0 Å². The first kappa shape index (κ1) is 18.7. The largest absolute Gasteiger partial charge is 0.508 e. The summed E-state index contributed by atoms with van der Waals surface area (Å²) >= 11 is 0. The highest BCUT2D eigenvalue weighted by Gasteiger charge is 2.19. The molecule has 0 unspecified atom stereocenters. The van der Waals surface area contributed by atoms with E-state index in [2.05, 4.69) is 20.4 Å². The molecule has 0 aromatic heterocycles. The molecule has 1 aliphatic rings. The monoisotopic (exact) mass is 368 g/mol. The molecule has 0 atom stereocenters. The molecule has 2 amide bonds. The fourth-order valence-corrected chi connectivity index (χ4v) is 3.07. The van der Waals surface area contributed by atoms with E-state index in [1.54, 1.807) is 36.4 Å². The van der Waals surface area contributed by atoms with Crippen LogP contribution in [-0.2, 0) is 9.59 Å². The van der Waals surface area contributed by atoms with Gasteiger partial charge in [-0.3, -0.25) is 14.5 Å². The number of carbonyl (C=O) groups excluding carboxylic acids is 2. The zero-order chi connectivity index (χ0) is 19.2. The number of rotatable bonds is 5. The maximum absolute atomic E-state index is 12.3. The Morgan fingerprint density at radius 1 is 0.889 bits per heavy atom. The summed E-state index contributed by atoms with van der Waals surface area (Å²) in [4.78, 5) is 27.7. The predicted octanol–water partition coefficient (Wildman–Crippen LogP) is 2.11. The van der Waals surface area contributed by atoms with Crippen molar-refractivity contribution in [1.82, 2.24) is 4.90 Å². The number of phenolic OH excluding ortho intramolecular Hbond substituents is 1. The van der Waals surface area contributed by atoms with Gasteiger partial charge in [-0.15, -0.1) is 0 Å². The van der Waals surface area contributed by atoms with Crippen LogP contribution in [0.25, 0.3) is 0 Å². The smallest absolute Gasteiger partial charge is 0.238 e. The molecular formula is C20H24N4O3. The van der Waals surface area contributed by atoms with Gasteiger partial charge in [0.05, 0.1) is 6.54 Å². The lowest BCUT2D eigenvalue weighted by molar-refractivity contribution is -0.117. The topological polar surface area (TPSA) is 84.9 Å². The fourth-order valence-electron chi connectivity index (χ4n) is 3.07. The summed E-state index contributed by atoms with van der Waals surface area (Å²) in [5.74, 6) is 0.0813. The molecule has 0 radical (unpaired) electrons. The molecule has 27 heavy (non-hydrogen) atoms. The van der Waals surface area contributed by atoms with Crippen LogP contribution in [0.4, 0.5) is 17.1 Å². The zero-order valence-electron chi connectivity index (χ0n) is 15.3. The van der Waals surface area contributed by atoms with Crippen LogP contribution in [0.15, 0.2) is 48.5 Å². The molecule has 2 aromatic carbocycles. The highest BCUT2D eigenvalue weighted by molar-refractivity contribution is 5.93. The molecule has 7 heteroatoms. The lowest BCUT2D eigenvalue weighted by Crippen LogP contribution is -2.48. The average Bonchev–Trinajstić information content (AvgIpc) is 2.64. The number of hydrogen-bond donors (Lipinski definition) is 3. The summed E-state index contributed by atoms with van der Waals surface area (Å²) in [6.07, 6.45) is 0. The number of aromatic hydroxyl groups is 1. The lowest BCUT2D eigenvalue weighted by Gasteiger charge is -2.35. The van der Waals surface area contributed by atoms with E-state index < -0.39 is 0 Å². The van der Waals surface area contributed by atoms with E-state index in [0.29, 0.717) is 17.9 Å². The zero-order valence-corrected chi connectivity index (χ0v) is 15.3. The Bertz CT molecular complexity index is 782. The molecule has 1 fully saturated rings. The van der Waals surface area contributed by atoms with Gasteiger partial charge in [-0.1, -0.05) is 0 Å². The van der Waals surface area contributed by atoms with Crippen LogP contribution in [0.2, 0.25) is 0 Å². The van der Waals surface area contributed by atoms with Crippen molar-refractivity contribution in [3.05, 3.63) is 48.5 Å². The van der Waals surface area contributed by atoms with Gasteiger partial charge in [0.2, 0.25) is 11.8 Å². The van der Waals surface area contributed by atoms with Crippen LogP contribution in [0.3, 0.4) is 0 Å². The molecule has 142 valence electrons. The highest BCUT2D eigenvalue weighted by atomic mass is 16.3. The Morgan fingerprint density at radius 3 is 2.00 bits per heavy atom. The normalized spacial score (nSPS) is 14.6. The summed E-state index contributed by atoms with van der Waals surface area (Å²) in [7, 11) is 0. The number of anilines is 3. The van der Waals surface area contributed by atoms with E-state index in [1.807, 2.05) is 12.1 Å². The average molecular weight is 368 g/mol. The summed E-state index contributed by atoms with van der Waals surface area (Å²) < 4.78 is 0. The van der Waals surface area contributed by atoms with Crippen molar-refractivity contribution in [2.45, 2.75) is 6.92 Å². The molecule has 7 nitrogen and oxygen atoms in total. The number of nitrogens with one attached hydrogen (secondary N) is 2. The van der Waals surface area contributed by atoms with Crippen LogP contribution in [0.1, 0.15) is 6.92 Å². The first-order valence-corrected chi connectivity index (χ1v) is 8.93. The molecule has 1 heterocycles. The molecular weight excluding hydrogens is 344 g/mol. The summed E-state index contributed by atoms with van der Waals surface area (Å²) in [6, 6.07) is 14.2. The third kappa shape index (κ3) is 5.46. The van der Waals surface area contributed by atoms with E-state index in [-0.39, 0.29) is 17.6 Å². The predicted molar refractivity (Wildman–Crippen MR) is 106 cm³/mol. The summed E-state index contributed by atoms with van der Waals surface area (Å²) in [5, 5.41) is 15.0. The van der Waals surface area contributed by atoms with Gasteiger partial charge in [0.1, 0.15) is 5.75 Å². The molecule has 0 spiro atoms. The van der Waals surface area contributed by atoms with Crippen LogP contribution in [0, 0.1) is 0 Å². The minimum absolute atomic E-state index is 0.0552. The number of benzene rings is 2. The molecule has 0 saturated carbocycles. The number of nitrogens with zero attached hydrogens (tertiary/aromatic N) is 2. The molecule has 3 rings (SSSR count). The molecule has 0 aliphatic carbocycles. The van der Waals surface area contributed by atoms with E-state index in [0.717, 1.165) is 31.9 Å². The Balaban J connectivity index is 1.45. The molecule has 0 bridgehead atoms. The minimum Gasteiger partial charge on any atom is -0.508 e. The van der Waals surface area contributed by atoms with Crippen molar-refractivity contribution in [3.8, 4) is 5.75 Å². The van der Waals surface area contributed by atoms with E-state index in [9.17, 15) is 14.7 Å². The second kappa shape index (κ2) is 8.55. The Hall–Kier alpha value is -3.06. The number of amides is 2. The molecule has 1 saturated heterocycles. The molecule has 3 N–H and O–H groups in total. The van der Waals surface area contributed by atoms with Crippen molar-refractivity contribution < 1.29 is 14.7 Å². The highest BCUT2D eigenvalue weighted by Crippen LogP contribution is 2.20. The van der Waals surface area contributed by atoms with E-state index in [4.69, 9.17) is 0 Å². The standard InChI is InChI=1S/C20H24N4O3/c1-15(25)21-16-2-4-17(5-3-16)22-20(27)14-23-10-12-24(13-11-23)18-6-8-19(26)9-7-18/h2-9,26H,10-14H2,1H3,(H,21,25)(H,22,27). The first-order valence-electron chi connectivity index (χ1n) is 8.93. The number of piperazine rings is 1. The second-order valence-electron chi connectivity index (χ2n) is 6.59. The van der Waals surface area contributed by atoms with E-state index in [1.165, 1.54) is 6.92 Å². The van der Waals surface area contributed by atoms with Gasteiger partial charge in [0.15, 0.2) is 0 Å². The van der Waals surface area contributed by atoms with Gasteiger partial charge in [0.25, 0.3) is 0 Å². The molecule has 1 aliphatic heterocycles.